The standard InChI is InChI=1S/C23H17IN2O/c24-19-10-11-26-22(14-19)25-20-12-18(13-21(27)23(20)26)17-8-6-16(7-9-17)15-4-2-1-3-5-15/h1-11,14,18H,12-13H2. The van der Waals surface area contributed by atoms with Crippen molar-refractivity contribution in [2.45, 2.75) is 18.8 Å². The molecule has 4 aromatic rings. The summed E-state index contributed by atoms with van der Waals surface area (Å²) in [4.78, 5) is 17.6. The minimum Gasteiger partial charge on any atom is -0.297 e. The van der Waals surface area contributed by atoms with Crippen molar-refractivity contribution in [1.29, 1.82) is 0 Å². The van der Waals surface area contributed by atoms with E-state index in [9.17, 15) is 4.79 Å². The van der Waals surface area contributed by atoms with Crippen molar-refractivity contribution in [3.63, 3.8) is 0 Å². The highest BCUT2D eigenvalue weighted by Gasteiger charge is 2.30. The van der Waals surface area contributed by atoms with Gasteiger partial charge in [-0.15, -0.1) is 0 Å². The molecule has 0 fully saturated rings. The van der Waals surface area contributed by atoms with E-state index in [1.54, 1.807) is 0 Å². The quantitative estimate of drug-likeness (QED) is 0.367. The lowest BCUT2D eigenvalue weighted by atomic mass is 9.83. The highest BCUT2D eigenvalue weighted by Crippen LogP contribution is 2.34. The van der Waals surface area contributed by atoms with Gasteiger partial charge in [-0.2, -0.15) is 0 Å². The fourth-order valence-electron chi connectivity index (χ4n) is 3.95. The Morgan fingerprint density at radius 3 is 2.44 bits per heavy atom. The number of Topliss-reactive ketones (excluding diaryl/α,β-unsaturated/α-hetero) is 1. The highest BCUT2D eigenvalue weighted by atomic mass is 127. The summed E-state index contributed by atoms with van der Waals surface area (Å²) in [6, 6.07) is 23.0. The van der Waals surface area contributed by atoms with Crippen LogP contribution in [0.5, 0.6) is 0 Å². The average Bonchev–Trinajstić information content (AvgIpc) is 3.06. The van der Waals surface area contributed by atoms with E-state index in [0.29, 0.717) is 6.42 Å². The third-order valence-corrected chi connectivity index (χ3v) is 5.96. The number of hydrogen-bond acceptors (Lipinski definition) is 2. The molecule has 2 aromatic heterocycles. The monoisotopic (exact) mass is 464 g/mol. The van der Waals surface area contributed by atoms with E-state index in [4.69, 9.17) is 4.98 Å². The number of hydrogen-bond donors (Lipinski definition) is 0. The van der Waals surface area contributed by atoms with Crippen LogP contribution in [0.2, 0.25) is 0 Å². The third kappa shape index (κ3) is 2.98. The number of rotatable bonds is 2. The van der Waals surface area contributed by atoms with E-state index in [1.807, 2.05) is 28.8 Å². The molecule has 0 spiro atoms. The summed E-state index contributed by atoms with van der Waals surface area (Å²) >= 11 is 2.28. The number of ketones is 1. The maximum absolute atomic E-state index is 12.9. The zero-order chi connectivity index (χ0) is 18.4. The van der Waals surface area contributed by atoms with Gasteiger partial charge in [0.15, 0.2) is 5.78 Å². The summed E-state index contributed by atoms with van der Waals surface area (Å²) in [5.74, 6) is 0.376. The molecule has 2 aromatic carbocycles. The molecule has 1 unspecified atom stereocenters. The van der Waals surface area contributed by atoms with Crippen molar-refractivity contribution in [3.05, 3.63) is 93.4 Å². The lowest BCUT2D eigenvalue weighted by Crippen LogP contribution is -2.19. The summed E-state index contributed by atoms with van der Waals surface area (Å²) in [5, 5.41) is 0. The fraction of sp³-hybridized carbons (Fsp3) is 0.130. The predicted octanol–water partition coefficient (Wildman–Crippen LogP) is 5.52. The number of carbonyl (C=O) groups is 1. The molecule has 0 bridgehead atoms. The Balaban J connectivity index is 1.47. The smallest absolute Gasteiger partial charge is 0.182 e. The third-order valence-electron chi connectivity index (χ3n) is 5.29. The molecule has 3 nitrogen and oxygen atoms in total. The van der Waals surface area contributed by atoms with Gasteiger partial charge in [0.2, 0.25) is 0 Å². The Morgan fingerprint density at radius 1 is 0.926 bits per heavy atom. The van der Waals surface area contributed by atoms with Gasteiger partial charge >= 0.3 is 0 Å². The fourth-order valence-corrected chi connectivity index (χ4v) is 4.39. The van der Waals surface area contributed by atoms with Gasteiger partial charge in [-0.05, 0) is 63.8 Å². The van der Waals surface area contributed by atoms with Crippen molar-refractivity contribution in [2.75, 3.05) is 0 Å². The van der Waals surface area contributed by atoms with E-state index in [-0.39, 0.29) is 11.7 Å². The average molecular weight is 464 g/mol. The molecular formula is C23H17IN2O. The molecule has 0 N–H and O–H groups in total. The van der Waals surface area contributed by atoms with Crippen LogP contribution in [-0.2, 0) is 6.42 Å². The van der Waals surface area contributed by atoms with Gasteiger partial charge in [-0.3, -0.25) is 9.20 Å². The lowest BCUT2D eigenvalue weighted by molar-refractivity contribution is 0.0958. The van der Waals surface area contributed by atoms with Crippen molar-refractivity contribution >= 4 is 34.0 Å². The van der Waals surface area contributed by atoms with Crippen LogP contribution in [0.1, 0.15) is 34.1 Å². The molecule has 0 aliphatic heterocycles. The minimum atomic E-state index is 0.182. The van der Waals surface area contributed by atoms with Crippen LogP contribution >= 0.6 is 22.6 Å². The van der Waals surface area contributed by atoms with Crippen molar-refractivity contribution in [1.82, 2.24) is 9.38 Å². The van der Waals surface area contributed by atoms with Crippen molar-refractivity contribution < 1.29 is 4.79 Å². The van der Waals surface area contributed by atoms with Gasteiger partial charge in [-0.25, -0.2) is 4.98 Å². The number of fused-ring (bicyclic) bond motifs is 3. The van der Waals surface area contributed by atoms with Gasteiger partial charge in [0.05, 0.1) is 5.69 Å². The summed E-state index contributed by atoms with van der Waals surface area (Å²) in [6.07, 6.45) is 3.30. The molecular weight excluding hydrogens is 447 g/mol. The molecule has 1 aliphatic carbocycles. The van der Waals surface area contributed by atoms with Gasteiger partial charge in [-0.1, -0.05) is 54.6 Å². The maximum Gasteiger partial charge on any atom is 0.182 e. The molecule has 1 atom stereocenters. The first-order valence-electron chi connectivity index (χ1n) is 9.04. The van der Waals surface area contributed by atoms with Gasteiger partial charge in [0, 0.05) is 16.2 Å². The zero-order valence-electron chi connectivity index (χ0n) is 14.6. The molecule has 0 radical (unpaired) electrons. The van der Waals surface area contributed by atoms with Crippen LogP contribution in [-0.4, -0.2) is 15.2 Å². The normalized spacial score (nSPS) is 16.5. The zero-order valence-corrected chi connectivity index (χ0v) is 16.8. The number of carbonyl (C=O) groups excluding carboxylic acids is 1. The molecule has 0 saturated carbocycles. The van der Waals surface area contributed by atoms with Gasteiger partial charge in [0.25, 0.3) is 0 Å². The number of pyridine rings is 1. The van der Waals surface area contributed by atoms with Crippen LogP contribution in [0.25, 0.3) is 16.8 Å². The summed E-state index contributed by atoms with van der Waals surface area (Å²) in [7, 11) is 0. The molecule has 2 heterocycles. The Bertz CT molecular complexity index is 1150. The minimum absolute atomic E-state index is 0.182. The Kier molecular flexibility index (Phi) is 4.08. The molecule has 1 aliphatic rings. The molecule has 0 saturated heterocycles. The molecule has 5 rings (SSSR count). The summed E-state index contributed by atoms with van der Waals surface area (Å²) in [6.45, 7) is 0. The molecule has 27 heavy (non-hydrogen) atoms. The molecule has 0 amide bonds. The number of nitrogens with zero attached hydrogens (tertiary/aromatic N) is 2. The van der Waals surface area contributed by atoms with E-state index in [1.165, 1.54) is 16.7 Å². The number of benzene rings is 2. The second kappa shape index (κ2) is 6.60. The van der Waals surface area contributed by atoms with Crippen LogP contribution in [0, 0.1) is 3.57 Å². The van der Waals surface area contributed by atoms with Crippen LogP contribution in [0.15, 0.2) is 72.9 Å². The maximum atomic E-state index is 12.9. The van der Waals surface area contributed by atoms with Crippen LogP contribution < -0.4 is 0 Å². The first kappa shape index (κ1) is 16.7. The van der Waals surface area contributed by atoms with E-state index < -0.39 is 0 Å². The van der Waals surface area contributed by atoms with Gasteiger partial charge in [0.1, 0.15) is 11.3 Å². The second-order valence-electron chi connectivity index (χ2n) is 7.00. The second-order valence-corrected chi connectivity index (χ2v) is 8.24. The largest absolute Gasteiger partial charge is 0.297 e. The predicted molar refractivity (Wildman–Crippen MR) is 115 cm³/mol. The van der Waals surface area contributed by atoms with E-state index in [2.05, 4.69) is 71.1 Å². The topological polar surface area (TPSA) is 34.4 Å². The molecule has 4 heteroatoms. The Hall–Kier alpha value is -2.47. The Labute approximate surface area is 171 Å². The molecule has 132 valence electrons. The first-order chi connectivity index (χ1) is 13.2. The highest BCUT2D eigenvalue weighted by molar-refractivity contribution is 14.1. The first-order valence-corrected chi connectivity index (χ1v) is 10.1. The summed E-state index contributed by atoms with van der Waals surface area (Å²) < 4.78 is 3.07. The van der Waals surface area contributed by atoms with Crippen molar-refractivity contribution in [2.24, 2.45) is 0 Å². The lowest BCUT2D eigenvalue weighted by Gasteiger charge is -2.21. The van der Waals surface area contributed by atoms with Crippen LogP contribution in [0.4, 0.5) is 0 Å². The number of aromatic nitrogens is 2. The SMILES string of the molecule is O=C1CC(c2ccc(-c3ccccc3)cc2)Cc2nc3cc(I)ccn3c21. The van der Waals surface area contributed by atoms with Crippen LogP contribution in [0.3, 0.4) is 0 Å². The Morgan fingerprint density at radius 2 is 1.67 bits per heavy atom. The van der Waals surface area contributed by atoms with Crippen molar-refractivity contribution in [3.8, 4) is 11.1 Å². The number of imidazole rings is 1. The van der Waals surface area contributed by atoms with E-state index in [0.717, 1.165) is 27.0 Å². The van der Waals surface area contributed by atoms with Gasteiger partial charge < -0.3 is 0 Å². The number of halogens is 1. The van der Waals surface area contributed by atoms with E-state index >= 15 is 0 Å². The summed E-state index contributed by atoms with van der Waals surface area (Å²) in [5.41, 5.74) is 6.16.